The molecule has 2 fully saturated rings. The highest BCUT2D eigenvalue weighted by Crippen LogP contribution is 2.37. The Kier molecular flexibility index (Phi) is 3.57. The van der Waals surface area contributed by atoms with Crippen molar-refractivity contribution in [1.82, 2.24) is 4.90 Å². The van der Waals surface area contributed by atoms with Gasteiger partial charge in [-0.3, -0.25) is 4.90 Å². The molecule has 1 saturated heterocycles. The summed E-state index contributed by atoms with van der Waals surface area (Å²) in [5.41, 5.74) is 12.3. The molecule has 16 heavy (non-hydrogen) atoms. The lowest BCUT2D eigenvalue weighted by Crippen LogP contribution is -2.53. The summed E-state index contributed by atoms with van der Waals surface area (Å²) in [5.74, 6) is 0.483. The van der Waals surface area contributed by atoms with E-state index in [-0.39, 0.29) is 11.6 Å². The third kappa shape index (κ3) is 2.01. The fourth-order valence-electron chi connectivity index (χ4n) is 3.60. The van der Waals surface area contributed by atoms with Crippen LogP contribution in [0.1, 0.15) is 46.0 Å². The molecule has 1 saturated carbocycles. The van der Waals surface area contributed by atoms with Gasteiger partial charge in [0.2, 0.25) is 0 Å². The lowest BCUT2D eigenvalue weighted by Gasteiger charge is -2.41. The predicted octanol–water partition coefficient (Wildman–Crippen LogP) is 1.32. The summed E-state index contributed by atoms with van der Waals surface area (Å²) >= 11 is 0. The Bertz CT molecular complexity index is 233. The Hall–Kier alpha value is -0.120. The lowest BCUT2D eigenvalue weighted by molar-refractivity contribution is 0.0823. The molecule has 0 amide bonds. The van der Waals surface area contributed by atoms with Gasteiger partial charge in [0.25, 0.3) is 0 Å². The van der Waals surface area contributed by atoms with E-state index in [9.17, 15) is 0 Å². The standard InChI is InChI=1S/C13H27N3/c1-13(2)12(15)10(8-14)9-16(13)11-6-4-3-5-7-11/h10-12H,3-9,14-15H2,1-2H3. The number of likely N-dealkylation sites (tertiary alicyclic amines) is 1. The minimum Gasteiger partial charge on any atom is -0.330 e. The number of hydrogen-bond donors (Lipinski definition) is 2. The fourth-order valence-corrected chi connectivity index (χ4v) is 3.60. The Morgan fingerprint density at radius 1 is 1.19 bits per heavy atom. The van der Waals surface area contributed by atoms with Crippen molar-refractivity contribution < 1.29 is 0 Å². The van der Waals surface area contributed by atoms with E-state index in [1.807, 2.05) is 0 Å². The first-order chi connectivity index (χ1) is 7.57. The average molecular weight is 225 g/mol. The Morgan fingerprint density at radius 3 is 2.31 bits per heavy atom. The molecule has 0 aromatic rings. The molecule has 1 heterocycles. The summed E-state index contributed by atoms with van der Waals surface area (Å²) < 4.78 is 0. The Balaban J connectivity index is 2.08. The molecule has 1 aliphatic heterocycles. The monoisotopic (exact) mass is 225 g/mol. The van der Waals surface area contributed by atoms with E-state index in [1.54, 1.807) is 0 Å². The number of hydrogen-bond acceptors (Lipinski definition) is 3. The van der Waals surface area contributed by atoms with Gasteiger partial charge in [-0.2, -0.15) is 0 Å². The van der Waals surface area contributed by atoms with Crippen LogP contribution in [-0.4, -0.2) is 35.6 Å². The fraction of sp³-hybridized carbons (Fsp3) is 1.00. The van der Waals surface area contributed by atoms with Crippen LogP contribution in [0.15, 0.2) is 0 Å². The third-order valence-electron chi connectivity index (χ3n) is 4.81. The molecule has 0 bridgehead atoms. The Labute approximate surface area is 99.5 Å². The van der Waals surface area contributed by atoms with E-state index in [0.717, 1.165) is 19.1 Å². The van der Waals surface area contributed by atoms with E-state index >= 15 is 0 Å². The summed E-state index contributed by atoms with van der Waals surface area (Å²) in [6, 6.07) is 0.991. The highest BCUT2D eigenvalue weighted by atomic mass is 15.3. The molecular formula is C13H27N3. The van der Waals surface area contributed by atoms with Crippen molar-refractivity contribution in [2.75, 3.05) is 13.1 Å². The molecule has 2 aliphatic rings. The van der Waals surface area contributed by atoms with Crippen molar-refractivity contribution in [3.05, 3.63) is 0 Å². The summed E-state index contributed by atoms with van der Waals surface area (Å²) in [7, 11) is 0. The van der Waals surface area contributed by atoms with Crippen LogP contribution in [0, 0.1) is 5.92 Å². The van der Waals surface area contributed by atoms with Crippen molar-refractivity contribution in [2.24, 2.45) is 17.4 Å². The quantitative estimate of drug-likeness (QED) is 0.745. The summed E-state index contributed by atoms with van der Waals surface area (Å²) in [4.78, 5) is 2.65. The van der Waals surface area contributed by atoms with Crippen molar-refractivity contribution in [3.63, 3.8) is 0 Å². The van der Waals surface area contributed by atoms with E-state index in [0.29, 0.717) is 5.92 Å². The smallest absolute Gasteiger partial charge is 0.0310 e. The van der Waals surface area contributed by atoms with Gasteiger partial charge < -0.3 is 11.5 Å². The van der Waals surface area contributed by atoms with Crippen LogP contribution in [0.25, 0.3) is 0 Å². The molecule has 4 N–H and O–H groups in total. The molecule has 2 unspecified atom stereocenters. The van der Waals surface area contributed by atoms with Crippen molar-refractivity contribution in [2.45, 2.75) is 63.6 Å². The zero-order chi connectivity index (χ0) is 11.8. The van der Waals surface area contributed by atoms with Gasteiger partial charge in [-0.25, -0.2) is 0 Å². The normalized spacial score (nSPS) is 36.8. The molecule has 3 heteroatoms. The third-order valence-corrected chi connectivity index (χ3v) is 4.81. The minimum absolute atomic E-state index is 0.131. The SMILES string of the molecule is CC1(C)C(N)C(CN)CN1C1CCCCC1. The molecule has 0 aromatic carbocycles. The van der Waals surface area contributed by atoms with Crippen LogP contribution in [0.4, 0.5) is 0 Å². The van der Waals surface area contributed by atoms with Gasteiger partial charge in [0, 0.05) is 30.1 Å². The van der Waals surface area contributed by atoms with Crippen molar-refractivity contribution in [3.8, 4) is 0 Å². The van der Waals surface area contributed by atoms with Gasteiger partial charge in [0.15, 0.2) is 0 Å². The molecule has 2 rings (SSSR count). The maximum atomic E-state index is 6.34. The zero-order valence-electron chi connectivity index (χ0n) is 10.8. The first-order valence-electron chi connectivity index (χ1n) is 6.79. The molecule has 2 atom stereocenters. The topological polar surface area (TPSA) is 55.3 Å². The van der Waals surface area contributed by atoms with Crippen LogP contribution >= 0.6 is 0 Å². The van der Waals surface area contributed by atoms with E-state index in [4.69, 9.17) is 11.5 Å². The van der Waals surface area contributed by atoms with Gasteiger partial charge in [0.1, 0.15) is 0 Å². The molecule has 3 nitrogen and oxygen atoms in total. The second-order valence-corrected chi connectivity index (χ2v) is 6.12. The van der Waals surface area contributed by atoms with Crippen molar-refractivity contribution in [1.29, 1.82) is 0 Å². The van der Waals surface area contributed by atoms with Gasteiger partial charge in [-0.05, 0) is 33.2 Å². The molecule has 0 radical (unpaired) electrons. The predicted molar refractivity (Wildman–Crippen MR) is 68.2 cm³/mol. The highest BCUT2D eigenvalue weighted by molar-refractivity contribution is 5.05. The summed E-state index contributed by atoms with van der Waals surface area (Å²) in [6.07, 6.45) is 6.90. The number of rotatable bonds is 2. The highest BCUT2D eigenvalue weighted by Gasteiger charge is 2.47. The van der Waals surface area contributed by atoms with Crippen LogP contribution in [0.2, 0.25) is 0 Å². The average Bonchev–Trinajstić information content (AvgIpc) is 2.52. The van der Waals surface area contributed by atoms with Crippen LogP contribution < -0.4 is 11.5 Å². The molecule has 0 aromatic heterocycles. The summed E-state index contributed by atoms with van der Waals surface area (Å²) in [6.45, 7) is 6.42. The molecule has 94 valence electrons. The maximum absolute atomic E-state index is 6.34. The van der Waals surface area contributed by atoms with Crippen LogP contribution in [-0.2, 0) is 0 Å². The molecule has 1 aliphatic carbocycles. The van der Waals surface area contributed by atoms with Crippen molar-refractivity contribution >= 4 is 0 Å². The van der Waals surface area contributed by atoms with E-state index in [1.165, 1.54) is 32.1 Å². The largest absolute Gasteiger partial charge is 0.330 e. The van der Waals surface area contributed by atoms with Gasteiger partial charge >= 0.3 is 0 Å². The second-order valence-electron chi connectivity index (χ2n) is 6.12. The lowest BCUT2D eigenvalue weighted by atomic mass is 9.88. The van der Waals surface area contributed by atoms with Gasteiger partial charge in [0.05, 0.1) is 0 Å². The number of nitrogens with zero attached hydrogens (tertiary/aromatic N) is 1. The number of nitrogens with two attached hydrogens (primary N) is 2. The molecular weight excluding hydrogens is 198 g/mol. The first-order valence-corrected chi connectivity index (χ1v) is 6.79. The molecule has 0 spiro atoms. The summed E-state index contributed by atoms with van der Waals surface area (Å²) in [5, 5.41) is 0. The zero-order valence-corrected chi connectivity index (χ0v) is 10.8. The van der Waals surface area contributed by atoms with Crippen LogP contribution in [0.5, 0.6) is 0 Å². The maximum Gasteiger partial charge on any atom is 0.0310 e. The second kappa shape index (κ2) is 4.63. The van der Waals surface area contributed by atoms with Crippen LogP contribution in [0.3, 0.4) is 0 Å². The van der Waals surface area contributed by atoms with E-state index in [2.05, 4.69) is 18.7 Å². The van der Waals surface area contributed by atoms with Gasteiger partial charge in [-0.1, -0.05) is 19.3 Å². The van der Waals surface area contributed by atoms with E-state index < -0.39 is 0 Å². The minimum atomic E-state index is 0.131. The first kappa shape index (κ1) is 12.3. The van der Waals surface area contributed by atoms with Gasteiger partial charge in [-0.15, -0.1) is 0 Å². The Morgan fingerprint density at radius 2 is 1.81 bits per heavy atom.